The van der Waals surface area contributed by atoms with Crippen molar-refractivity contribution in [2.45, 2.75) is 16.5 Å². The Kier molecular flexibility index (Phi) is 3.65. The molecule has 4 atom stereocenters. The Morgan fingerprint density at radius 1 is 1.13 bits per heavy atom. The van der Waals surface area contributed by atoms with Gasteiger partial charge in [-0.05, 0) is 24.5 Å². The van der Waals surface area contributed by atoms with E-state index in [2.05, 4.69) is 6.08 Å². The van der Waals surface area contributed by atoms with Crippen LogP contribution in [0.1, 0.15) is 6.42 Å². The zero-order valence-corrected chi connectivity index (χ0v) is 14.1. The van der Waals surface area contributed by atoms with Gasteiger partial charge in [0.2, 0.25) is 0 Å². The molecule has 3 aliphatic heterocycles. The van der Waals surface area contributed by atoms with Gasteiger partial charge in [-0.2, -0.15) is 0 Å². The molecule has 2 fully saturated rings. The summed E-state index contributed by atoms with van der Waals surface area (Å²) in [6, 6.07) is 8.48. The Bertz CT molecular complexity index is 702. The van der Waals surface area contributed by atoms with E-state index >= 15 is 0 Å². The lowest BCUT2D eigenvalue weighted by atomic mass is 9.85. The second-order valence-corrected chi connectivity index (χ2v) is 9.95. The number of carbonyl (C=O) groups is 1. The summed E-state index contributed by atoms with van der Waals surface area (Å²) in [5.74, 6) is 1.47. The van der Waals surface area contributed by atoms with Gasteiger partial charge in [0, 0.05) is 39.6 Å². The van der Waals surface area contributed by atoms with Crippen molar-refractivity contribution in [3.8, 4) is 5.75 Å². The van der Waals surface area contributed by atoms with Crippen LogP contribution in [0, 0.1) is 5.92 Å². The molecule has 0 unspecified atom stereocenters. The highest BCUT2D eigenvalue weighted by molar-refractivity contribution is 8.07. The lowest BCUT2D eigenvalue weighted by molar-refractivity contribution is 0.105. The molecule has 1 aliphatic carbocycles. The largest absolute Gasteiger partial charge is 0.415 e. The Morgan fingerprint density at radius 3 is 2.48 bits per heavy atom. The number of ether oxygens (including phenoxy) is 1. The van der Waals surface area contributed by atoms with Gasteiger partial charge < -0.3 is 4.74 Å². The molecule has 7 heteroatoms. The maximum Gasteiger partial charge on any atom is 0.415 e. The minimum Gasteiger partial charge on any atom is -0.410 e. The van der Waals surface area contributed by atoms with Crippen LogP contribution in [0.5, 0.6) is 5.75 Å². The monoisotopic (exact) mass is 351 g/mol. The quantitative estimate of drug-likeness (QED) is 0.722. The van der Waals surface area contributed by atoms with E-state index in [1.54, 1.807) is 29.2 Å². The van der Waals surface area contributed by atoms with Crippen LogP contribution in [0.2, 0.25) is 0 Å². The van der Waals surface area contributed by atoms with Crippen molar-refractivity contribution in [2.24, 2.45) is 5.92 Å². The number of piperidine rings is 1. The van der Waals surface area contributed by atoms with E-state index < -0.39 is 37.8 Å². The number of amides is 1. The Balaban J connectivity index is 1.63. The number of benzene rings is 1. The molecule has 1 spiro atoms. The van der Waals surface area contributed by atoms with Crippen LogP contribution in [0.3, 0.4) is 0 Å². The van der Waals surface area contributed by atoms with Crippen molar-refractivity contribution in [3.05, 3.63) is 42.5 Å². The first-order valence-electron chi connectivity index (χ1n) is 7.60. The molecule has 5 nitrogen and oxygen atoms in total. The first-order valence-corrected chi connectivity index (χ1v) is 10.2. The number of hydrogen-bond acceptors (Lipinski definition) is 4. The predicted molar refractivity (Wildman–Crippen MR) is 89.0 cm³/mol. The fraction of sp³-hybridized carbons (Fsp3) is 0.438. The summed E-state index contributed by atoms with van der Waals surface area (Å²) in [5.41, 5.74) is 0. The van der Waals surface area contributed by atoms with E-state index in [1.807, 2.05) is 12.1 Å². The molecule has 2 saturated heterocycles. The highest BCUT2D eigenvalue weighted by Crippen LogP contribution is 2.46. The van der Waals surface area contributed by atoms with Crippen LogP contribution in [-0.4, -0.2) is 47.6 Å². The molecule has 0 radical (unpaired) electrons. The van der Waals surface area contributed by atoms with E-state index in [0.717, 1.165) is 0 Å². The molecule has 2 bridgehead atoms. The van der Waals surface area contributed by atoms with Gasteiger partial charge in [-0.1, -0.05) is 30.4 Å². The summed E-state index contributed by atoms with van der Waals surface area (Å²) in [6.07, 6.45) is 4.11. The number of para-hydroxylation sites is 1. The Labute approximate surface area is 139 Å². The summed E-state index contributed by atoms with van der Waals surface area (Å²) in [7, 11) is -2.36. The van der Waals surface area contributed by atoms with Gasteiger partial charge >= 0.3 is 6.09 Å². The highest BCUT2D eigenvalue weighted by Gasteiger charge is 2.60. The first-order chi connectivity index (χ1) is 11.1. The van der Waals surface area contributed by atoms with E-state index in [-0.39, 0.29) is 5.92 Å². The van der Waals surface area contributed by atoms with E-state index in [4.69, 9.17) is 4.74 Å². The third-order valence-electron chi connectivity index (χ3n) is 4.74. The normalized spacial score (nSPS) is 34.0. The van der Waals surface area contributed by atoms with Crippen LogP contribution in [0.15, 0.2) is 42.5 Å². The number of carbonyl (C=O) groups excluding carboxylic acids is 1. The minimum atomic E-state index is -1.18. The van der Waals surface area contributed by atoms with Crippen molar-refractivity contribution in [1.29, 1.82) is 0 Å². The standard InChI is InChI=1S/C16H17NO4S2/c18-15(21-13-4-2-1-3-5-13)17-11-12-6-7-14(17)16(10-12)22(19)8-9-23(16)20/h1-7,12,14H,8-11H2/t12-,14+,22+,23+/m0/s1. The molecule has 0 saturated carbocycles. The van der Waals surface area contributed by atoms with E-state index in [0.29, 0.717) is 30.2 Å². The van der Waals surface area contributed by atoms with Gasteiger partial charge in [0.25, 0.3) is 0 Å². The maximum absolute atomic E-state index is 12.6. The average molecular weight is 351 g/mol. The fourth-order valence-electron chi connectivity index (χ4n) is 3.69. The van der Waals surface area contributed by atoms with E-state index in [9.17, 15) is 13.2 Å². The van der Waals surface area contributed by atoms with Gasteiger partial charge in [-0.15, -0.1) is 0 Å². The smallest absolute Gasteiger partial charge is 0.410 e. The van der Waals surface area contributed by atoms with Gasteiger partial charge in [-0.3, -0.25) is 13.3 Å². The molecule has 1 aromatic carbocycles. The molecule has 23 heavy (non-hydrogen) atoms. The zero-order chi connectivity index (χ0) is 16.0. The SMILES string of the molecule is O=C(Oc1ccccc1)N1C[C@H]2C=C[C@@H]1C1(C2)[S@](=O)CC[S@]1=O. The van der Waals surface area contributed by atoms with Crippen molar-refractivity contribution < 1.29 is 17.9 Å². The molecule has 0 aromatic heterocycles. The number of fused-ring (bicyclic) bond motifs is 1. The van der Waals surface area contributed by atoms with Crippen LogP contribution < -0.4 is 4.74 Å². The number of hydrogen-bond donors (Lipinski definition) is 0. The Morgan fingerprint density at radius 2 is 1.83 bits per heavy atom. The topological polar surface area (TPSA) is 63.7 Å². The fourth-order valence-corrected chi connectivity index (χ4v) is 8.67. The highest BCUT2D eigenvalue weighted by atomic mass is 32.3. The molecule has 1 amide bonds. The van der Waals surface area contributed by atoms with Crippen LogP contribution in [0.25, 0.3) is 0 Å². The third kappa shape index (κ3) is 2.29. The lowest BCUT2D eigenvalue weighted by Crippen LogP contribution is -2.64. The second kappa shape index (κ2) is 5.56. The van der Waals surface area contributed by atoms with Crippen molar-refractivity contribution >= 4 is 27.7 Å². The predicted octanol–water partition coefficient (Wildman–Crippen LogP) is 1.65. The molecule has 1 aromatic rings. The summed E-state index contributed by atoms with van der Waals surface area (Å²) < 4.78 is 29.8. The molecule has 0 N–H and O–H groups in total. The van der Waals surface area contributed by atoms with Crippen LogP contribution in [0.4, 0.5) is 4.79 Å². The van der Waals surface area contributed by atoms with Crippen LogP contribution in [-0.2, 0) is 21.6 Å². The number of rotatable bonds is 1. The molecular weight excluding hydrogens is 334 g/mol. The molecule has 5 rings (SSSR count). The van der Waals surface area contributed by atoms with E-state index in [1.165, 1.54) is 0 Å². The second-order valence-electron chi connectivity index (χ2n) is 6.04. The number of nitrogens with zero attached hydrogens (tertiary/aromatic N) is 1. The summed E-state index contributed by atoms with van der Waals surface area (Å²) in [4.78, 5) is 14.2. The lowest BCUT2D eigenvalue weighted by Gasteiger charge is -2.49. The summed E-state index contributed by atoms with van der Waals surface area (Å²) in [5, 5.41) is 0. The first kappa shape index (κ1) is 15.1. The molecule has 122 valence electrons. The van der Waals surface area contributed by atoms with Gasteiger partial charge in [0.05, 0.1) is 6.04 Å². The summed E-state index contributed by atoms with van der Waals surface area (Å²) >= 11 is 0. The molecule has 4 aliphatic rings. The Hall–Kier alpha value is -1.47. The third-order valence-corrected chi connectivity index (χ3v) is 9.62. The average Bonchev–Trinajstić information content (AvgIpc) is 2.85. The van der Waals surface area contributed by atoms with Gasteiger partial charge in [0.15, 0.2) is 0 Å². The van der Waals surface area contributed by atoms with Crippen molar-refractivity contribution in [1.82, 2.24) is 4.90 Å². The maximum atomic E-state index is 12.6. The van der Waals surface area contributed by atoms with Crippen LogP contribution >= 0.6 is 0 Å². The van der Waals surface area contributed by atoms with Gasteiger partial charge in [0.1, 0.15) is 9.83 Å². The molecular formula is C16H17NO4S2. The summed E-state index contributed by atoms with van der Waals surface area (Å²) in [6.45, 7) is 0.531. The van der Waals surface area contributed by atoms with Crippen molar-refractivity contribution in [2.75, 3.05) is 18.1 Å². The zero-order valence-electron chi connectivity index (χ0n) is 12.4. The molecule has 3 heterocycles. The minimum absolute atomic E-state index is 0.0920. The van der Waals surface area contributed by atoms with Crippen molar-refractivity contribution in [3.63, 3.8) is 0 Å². The van der Waals surface area contributed by atoms with Gasteiger partial charge in [-0.25, -0.2) is 4.79 Å².